The van der Waals surface area contributed by atoms with Crippen molar-refractivity contribution < 1.29 is 48.3 Å². The number of allylic oxidation sites excluding steroid dienone is 1. The fourth-order valence-electron chi connectivity index (χ4n) is 5.06. The molecule has 2 aliphatic rings. The van der Waals surface area contributed by atoms with Gasteiger partial charge in [0.25, 0.3) is 0 Å². The van der Waals surface area contributed by atoms with Crippen molar-refractivity contribution in [2.45, 2.75) is 90.6 Å². The first-order chi connectivity index (χ1) is 30.4. The monoisotopic (exact) mass is 948 g/mol. The number of phenols is 2. The molecule has 2 unspecified atom stereocenters. The molecule has 2 heterocycles. The smallest absolute Gasteiger partial charge is 0.222 e. The first-order valence-electron chi connectivity index (χ1n) is 20.8. The van der Waals surface area contributed by atoms with Gasteiger partial charge in [-0.15, -0.1) is 34.8 Å². The Hall–Kier alpha value is -4.42. The maximum Gasteiger partial charge on any atom is 0.222 e. The maximum absolute atomic E-state index is 11.6. The second-order valence-electron chi connectivity index (χ2n) is 13.6. The number of phenolic OH excluding ortho intramolecular Hbond substituents is 2. The fraction of sp³-hybridized carbons (Fsp3) is 0.388. The molecule has 4 aromatic rings. The lowest BCUT2D eigenvalue weighted by Gasteiger charge is -2.23. The predicted molar refractivity (Wildman–Crippen MR) is 254 cm³/mol. The largest absolute Gasteiger partial charge is 0.508 e. The van der Waals surface area contributed by atoms with Gasteiger partial charge < -0.3 is 29.2 Å². The number of aromatic hydroxyl groups is 2. The van der Waals surface area contributed by atoms with Gasteiger partial charge in [0.15, 0.2) is 29.9 Å². The van der Waals surface area contributed by atoms with Crippen LogP contribution in [0.2, 0.25) is 0 Å². The van der Waals surface area contributed by atoms with Crippen molar-refractivity contribution in [2.75, 3.05) is 30.9 Å². The van der Waals surface area contributed by atoms with E-state index in [2.05, 4.69) is 20.4 Å². The number of rotatable bonds is 14. The Morgan fingerprint density at radius 3 is 1.29 bits per heavy atom. The van der Waals surface area contributed by atoms with Crippen LogP contribution in [0.4, 0.5) is 0 Å². The molecule has 2 atom stereocenters. The van der Waals surface area contributed by atoms with Crippen LogP contribution in [0.5, 0.6) is 23.0 Å². The molecular formula is C49H60Cl4O10. The summed E-state index contributed by atoms with van der Waals surface area (Å²) in [5.41, 5.74) is 1.89. The van der Waals surface area contributed by atoms with Crippen LogP contribution in [0.25, 0.3) is 0 Å². The Morgan fingerprint density at radius 1 is 0.603 bits per heavy atom. The number of hydrogen-bond donors (Lipinski definition) is 2. The van der Waals surface area contributed by atoms with E-state index in [1.54, 1.807) is 84.9 Å². The van der Waals surface area contributed by atoms with Gasteiger partial charge in [-0.3, -0.25) is 19.2 Å². The van der Waals surface area contributed by atoms with Crippen molar-refractivity contribution >= 4 is 69.0 Å². The molecule has 10 nitrogen and oxygen atoms in total. The van der Waals surface area contributed by atoms with Gasteiger partial charge in [-0.1, -0.05) is 45.0 Å². The first-order valence-corrected chi connectivity index (χ1v) is 22.8. The molecule has 6 rings (SSSR count). The van der Waals surface area contributed by atoms with Crippen molar-refractivity contribution in [3.05, 3.63) is 132 Å². The molecule has 0 aliphatic carbocycles. The second-order valence-corrected chi connectivity index (χ2v) is 15.1. The van der Waals surface area contributed by atoms with E-state index < -0.39 is 0 Å². The van der Waals surface area contributed by atoms with Gasteiger partial charge in [-0.05, 0) is 128 Å². The molecule has 0 spiro atoms. The van der Waals surface area contributed by atoms with Crippen molar-refractivity contribution in [1.29, 1.82) is 0 Å². The summed E-state index contributed by atoms with van der Waals surface area (Å²) in [5.74, 6) is 2.96. The highest BCUT2D eigenvalue weighted by Gasteiger charge is 2.16. The second kappa shape index (κ2) is 36.0. The topological polar surface area (TPSA) is 146 Å². The Balaban J connectivity index is 0.000000408. The van der Waals surface area contributed by atoms with Gasteiger partial charge >= 0.3 is 0 Å². The Morgan fingerprint density at radius 2 is 0.984 bits per heavy atom. The summed E-state index contributed by atoms with van der Waals surface area (Å²) in [6.07, 6.45) is 9.56. The Bertz CT molecular complexity index is 1830. The molecule has 4 aromatic carbocycles. The zero-order valence-electron chi connectivity index (χ0n) is 36.0. The third-order valence-electron chi connectivity index (χ3n) is 8.19. The number of para-hydroxylation sites is 1. The highest BCUT2D eigenvalue weighted by atomic mass is 35.5. The van der Waals surface area contributed by atoms with Crippen LogP contribution in [-0.2, 0) is 14.3 Å². The molecule has 0 bridgehead atoms. The molecule has 0 amide bonds. The van der Waals surface area contributed by atoms with Crippen LogP contribution >= 0.6 is 46.4 Å². The molecule has 2 aliphatic heterocycles. The van der Waals surface area contributed by atoms with E-state index in [9.17, 15) is 19.2 Å². The zero-order valence-corrected chi connectivity index (χ0v) is 39.1. The third kappa shape index (κ3) is 27.4. The van der Waals surface area contributed by atoms with Crippen LogP contribution in [0.1, 0.15) is 109 Å². The van der Waals surface area contributed by atoms with E-state index in [1.807, 2.05) is 6.07 Å². The van der Waals surface area contributed by atoms with Crippen molar-refractivity contribution in [3.63, 3.8) is 0 Å². The van der Waals surface area contributed by atoms with E-state index >= 15 is 0 Å². The summed E-state index contributed by atoms with van der Waals surface area (Å²) in [5, 5.41) is 17.2. The standard InChI is InChI=1S/C14H17ClO3.C14H16O3.C9H9ClO2.C6H6O.C3H4Cl2O.C3H8/c15-9-8-13(16)11-4-6-12(7-5-11)18-14-3-1-2-10-17-14;1-2-13(15)11-6-8-12(9-7-11)17-14-5-3-4-10-16-14;10-6-5-9(12)7-1-3-8(11)4-2-7;7-6-4-2-1-3-5-6;4-2-1-3(5)6;1-3-2/h4-7,14H,1-3,8-10H2;2,6-9,14H,1,3-5,10H2;1-4,11H,5-6H2;1-5,7H;1-2H2;3H2,1-2H3. The number of hydrogen-bond acceptors (Lipinski definition) is 10. The normalized spacial score (nSPS) is 14.8. The average molecular weight is 951 g/mol. The summed E-state index contributed by atoms with van der Waals surface area (Å²) in [6, 6.07) is 29.1. The number of halogens is 4. The number of benzene rings is 4. The number of ether oxygens (including phenoxy) is 4. The first kappa shape index (κ1) is 56.6. The Labute approximate surface area is 392 Å². The lowest BCUT2D eigenvalue weighted by molar-refractivity contribution is -0.111. The minimum absolute atomic E-state index is 0.00463. The lowest BCUT2D eigenvalue weighted by atomic mass is 10.1. The Kier molecular flexibility index (Phi) is 32.3. The molecule has 0 aromatic heterocycles. The molecule has 2 saturated heterocycles. The molecule has 14 heteroatoms. The number of Topliss-reactive ketones (excluding diaryl/α,β-unsaturated/α-hetero) is 2. The van der Waals surface area contributed by atoms with Gasteiger partial charge in [-0.25, -0.2) is 0 Å². The molecule has 2 fully saturated rings. The molecule has 0 saturated carbocycles. The van der Waals surface area contributed by atoms with Gasteiger partial charge in [0.1, 0.15) is 23.0 Å². The molecule has 0 radical (unpaired) electrons. The van der Waals surface area contributed by atoms with Crippen LogP contribution in [0, 0.1) is 0 Å². The molecule has 344 valence electrons. The summed E-state index contributed by atoms with van der Waals surface area (Å²) >= 11 is 20.9. The van der Waals surface area contributed by atoms with E-state index in [-0.39, 0.29) is 47.3 Å². The van der Waals surface area contributed by atoms with Gasteiger partial charge in [0, 0.05) is 66.4 Å². The number of alkyl halides is 3. The maximum atomic E-state index is 11.6. The fourth-order valence-corrected chi connectivity index (χ4v) is 5.76. The number of ketones is 3. The zero-order chi connectivity index (χ0) is 46.7. The van der Waals surface area contributed by atoms with Crippen molar-refractivity contribution in [2.24, 2.45) is 0 Å². The van der Waals surface area contributed by atoms with E-state index in [1.165, 1.54) is 24.6 Å². The SMILES string of the molecule is C=CC(=O)c1ccc(OC2CCCCO2)cc1.CCC.O=C(CCCl)c1ccc(O)cc1.O=C(CCCl)c1ccc(OC2CCCCO2)cc1.O=C(Cl)CCCl.Oc1ccccc1. The lowest BCUT2D eigenvalue weighted by Crippen LogP contribution is -2.24. The van der Waals surface area contributed by atoms with Crippen LogP contribution in [-0.4, -0.2) is 76.2 Å². The summed E-state index contributed by atoms with van der Waals surface area (Å²) in [7, 11) is 0. The highest BCUT2D eigenvalue weighted by Crippen LogP contribution is 2.21. The van der Waals surface area contributed by atoms with Gasteiger partial charge in [0.2, 0.25) is 5.24 Å². The highest BCUT2D eigenvalue weighted by molar-refractivity contribution is 6.63. The minimum atomic E-state index is -0.370. The molecule has 2 N–H and O–H groups in total. The van der Waals surface area contributed by atoms with E-state index in [4.69, 9.17) is 75.6 Å². The van der Waals surface area contributed by atoms with E-state index in [0.29, 0.717) is 52.9 Å². The quantitative estimate of drug-likeness (QED) is 0.0542. The van der Waals surface area contributed by atoms with Crippen LogP contribution < -0.4 is 9.47 Å². The van der Waals surface area contributed by atoms with Crippen molar-refractivity contribution in [1.82, 2.24) is 0 Å². The summed E-state index contributed by atoms with van der Waals surface area (Å²) in [4.78, 5) is 43.8. The van der Waals surface area contributed by atoms with Crippen LogP contribution in [0.15, 0.2) is 116 Å². The molecular weight excluding hydrogens is 890 g/mol. The number of carbonyl (C=O) groups is 4. The minimum Gasteiger partial charge on any atom is -0.508 e. The molecule has 63 heavy (non-hydrogen) atoms. The summed E-state index contributed by atoms with van der Waals surface area (Å²) < 4.78 is 22.3. The van der Waals surface area contributed by atoms with Gasteiger partial charge in [0.05, 0.1) is 13.2 Å². The van der Waals surface area contributed by atoms with Crippen LogP contribution in [0.3, 0.4) is 0 Å². The number of carbonyl (C=O) groups excluding carboxylic acids is 4. The summed E-state index contributed by atoms with van der Waals surface area (Å²) in [6.45, 7) is 9.22. The predicted octanol–water partition coefficient (Wildman–Crippen LogP) is 12.8. The van der Waals surface area contributed by atoms with Crippen molar-refractivity contribution in [3.8, 4) is 23.0 Å². The van der Waals surface area contributed by atoms with E-state index in [0.717, 1.165) is 63.2 Å². The average Bonchev–Trinajstić information content (AvgIpc) is 3.29. The third-order valence-corrected chi connectivity index (χ3v) is 8.95. The van der Waals surface area contributed by atoms with Gasteiger partial charge in [-0.2, -0.15) is 0 Å².